The maximum absolute atomic E-state index is 13.3. The summed E-state index contributed by atoms with van der Waals surface area (Å²) in [6, 6.07) is 11.4. The van der Waals surface area contributed by atoms with E-state index >= 15 is 0 Å². The van der Waals surface area contributed by atoms with Crippen molar-refractivity contribution in [3.63, 3.8) is 0 Å². The van der Waals surface area contributed by atoms with Crippen LogP contribution < -0.4 is 9.64 Å². The molecule has 0 radical (unpaired) electrons. The number of carbonyl (C=O) groups is 1. The van der Waals surface area contributed by atoms with Crippen LogP contribution in [0.25, 0.3) is 17.0 Å². The molecule has 3 heterocycles. The quantitative estimate of drug-likeness (QED) is 0.316. The van der Waals surface area contributed by atoms with E-state index in [1.54, 1.807) is 6.92 Å². The zero-order valence-corrected chi connectivity index (χ0v) is 20.1. The number of rotatable bonds is 4. The third-order valence-electron chi connectivity index (χ3n) is 6.98. The lowest BCUT2D eigenvalue weighted by molar-refractivity contribution is -0.139. The van der Waals surface area contributed by atoms with E-state index in [9.17, 15) is 18.0 Å². The lowest BCUT2D eigenvalue weighted by atomic mass is 9.76. The number of aromatic nitrogens is 1. The monoisotopic (exact) mass is 494 g/mol. The van der Waals surface area contributed by atoms with Crippen molar-refractivity contribution in [2.24, 2.45) is 0 Å². The Morgan fingerprint density at radius 2 is 1.94 bits per heavy atom. The van der Waals surface area contributed by atoms with Gasteiger partial charge >= 0.3 is 12.1 Å². The number of hydrogen-bond donors (Lipinski definition) is 0. The summed E-state index contributed by atoms with van der Waals surface area (Å²) >= 11 is 0. The molecule has 3 aromatic rings. The maximum Gasteiger partial charge on any atom is 0.416 e. The fourth-order valence-corrected chi connectivity index (χ4v) is 5.05. The number of carbonyl (C=O) groups excluding carboxylic acids is 1. The number of pyridine rings is 1. The second-order valence-electron chi connectivity index (χ2n) is 9.61. The summed E-state index contributed by atoms with van der Waals surface area (Å²) < 4.78 is 52.1. The fourth-order valence-electron chi connectivity index (χ4n) is 5.05. The van der Waals surface area contributed by atoms with Crippen LogP contribution in [-0.4, -0.2) is 29.8 Å². The van der Waals surface area contributed by atoms with E-state index in [0.29, 0.717) is 28.8 Å². The standard InChI is InChI=1S/C28H25F3N2O3/c1-17(2)25(34)35-14-13-33-23-8-6-5-7-21(23)26(3,4)27(33)12-11-18-16-32-22-15-19(28(29,30)31)9-10-20(22)24(18)36-27/h5-12,15-16H,1,13-14H2,2-4H3. The summed E-state index contributed by atoms with van der Waals surface area (Å²) in [5, 5.41) is 0.490. The van der Waals surface area contributed by atoms with Crippen molar-refractivity contribution in [2.45, 2.75) is 38.1 Å². The second kappa shape index (κ2) is 8.11. The Bertz CT molecular complexity index is 1430. The zero-order valence-electron chi connectivity index (χ0n) is 20.1. The maximum atomic E-state index is 13.3. The smallest absolute Gasteiger partial charge is 0.416 e. The van der Waals surface area contributed by atoms with Gasteiger partial charge in [0.25, 0.3) is 0 Å². The largest absolute Gasteiger partial charge is 0.462 e. The van der Waals surface area contributed by atoms with Crippen molar-refractivity contribution < 1.29 is 27.4 Å². The Labute approximate surface area is 206 Å². The van der Waals surface area contributed by atoms with Crippen LogP contribution >= 0.6 is 0 Å². The Morgan fingerprint density at radius 3 is 2.67 bits per heavy atom. The molecule has 5 rings (SSSR count). The molecule has 1 unspecified atom stereocenters. The van der Waals surface area contributed by atoms with Crippen LogP contribution in [0.5, 0.6) is 5.75 Å². The van der Waals surface area contributed by atoms with E-state index in [-0.39, 0.29) is 12.1 Å². The average Bonchev–Trinajstić information content (AvgIpc) is 3.01. The number of hydrogen-bond acceptors (Lipinski definition) is 5. The summed E-state index contributed by atoms with van der Waals surface area (Å²) in [6.45, 7) is 9.77. The predicted octanol–water partition coefficient (Wildman–Crippen LogP) is 6.27. The van der Waals surface area contributed by atoms with Crippen molar-refractivity contribution >= 4 is 28.6 Å². The van der Waals surface area contributed by atoms with Crippen molar-refractivity contribution in [3.05, 3.63) is 83.6 Å². The van der Waals surface area contributed by atoms with Crippen LogP contribution in [-0.2, 0) is 21.1 Å². The van der Waals surface area contributed by atoms with Crippen LogP contribution in [0.3, 0.4) is 0 Å². The molecule has 2 aliphatic rings. The summed E-state index contributed by atoms with van der Waals surface area (Å²) in [6.07, 6.45) is 0.896. The molecule has 0 N–H and O–H groups in total. The zero-order chi connectivity index (χ0) is 25.9. The van der Waals surface area contributed by atoms with Crippen molar-refractivity contribution in [3.8, 4) is 5.75 Å². The summed E-state index contributed by atoms with van der Waals surface area (Å²) in [4.78, 5) is 18.3. The first kappa shape index (κ1) is 23.9. The van der Waals surface area contributed by atoms with Gasteiger partial charge in [0, 0.05) is 28.4 Å². The molecule has 1 aromatic heterocycles. The predicted molar refractivity (Wildman–Crippen MR) is 132 cm³/mol. The molecule has 0 bridgehead atoms. The normalized spacial score (nSPS) is 19.7. The minimum Gasteiger partial charge on any atom is -0.462 e. The summed E-state index contributed by atoms with van der Waals surface area (Å²) in [5.74, 6) is -0.0141. The van der Waals surface area contributed by atoms with E-state index in [1.165, 1.54) is 12.3 Å². The highest BCUT2D eigenvalue weighted by molar-refractivity contribution is 5.90. The molecule has 5 nitrogen and oxygen atoms in total. The van der Waals surface area contributed by atoms with Gasteiger partial charge in [-0.1, -0.05) is 24.8 Å². The minimum absolute atomic E-state index is 0.105. The highest BCUT2D eigenvalue weighted by Gasteiger charge is 2.58. The Morgan fingerprint density at radius 1 is 1.19 bits per heavy atom. The van der Waals surface area contributed by atoms with E-state index < -0.39 is 28.8 Å². The molecule has 0 aliphatic carbocycles. The number of para-hydroxylation sites is 1. The van der Waals surface area contributed by atoms with Gasteiger partial charge in [0.2, 0.25) is 5.72 Å². The first-order valence-electron chi connectivity index (χ1n) is 11.5. The Balaban J connectivity index is 1.60. The van der Waals surface area contributed by atoms with Gasteiger partial charge in [-0.05, 0) is 62.8 Å². The SMILES string of the molecule is C=C(C)C(=O)OCCN1c2ccccc2C(C)(C)C12C=Cc1cnc3cc(C(F)(F)F)ccc3c1O2. The van der Waals surface area contributed by atoms with Gasteiger partial charge in [-0.15, -0.1) is 0 Å². The molecule has 8 heteroatoms. The number of anilines is 1. The molecule has 2 aliphatic heterocycles. The van der Waals surface area contributed by atoms with Gasteiger partial charge in [-0.25, -0.2) is 4.79 Å². The molecule has 0 amide bonds. The highest BCUT2D eigenvalue weighted by Crippen LogP contribution is 2.55. The number of alkyl halides is 3. The van der Waals surface area contributed by atoms with Gasteiger partial charge < -0.3 is 14.4 Å². The molecule has 186 valence electrons. The number of benzene rings is 2. The minimum atomic E-state index is -4.47. The van der Waals surface area contributed by atoms with E-state index in [2.05, 4.69) is 25.4 Å². The van der Waals surface area contributed by atoms with Crippen molar-refractivity contribution in [1.82, 2.24) is 4.98 Å². The van der Waals surface area contributed by atoms with Gasteiger partial charge in [-0.3, -0.25) is 4.98 Å². The van der Waals surface area contributed by atoms with E-state index in [0.717, 1.165) is 23.4 Å². The molecule has 2 aromatic carbocycles. The molecular formula is C28H25F3N2O3. The van der Waals surface area contributed by atoms with Crippen LogP contribution in [0, 0.1) is 0 Å². The first-order valence-corrected chi connectivity index (χ1v) is 11.5. The van der Waals surface area contributed by atoms with Gasteiger partial charge in [0.1, 0.15) is 12.4 Å². The number of esters is 1. The van der Waals surface area contributed by atoms with Gasteiger partial charge in [0.15, 0.2) is 0 Å². The van der Waals surface area contributed by atoms with Gasteiger partial charge in [0.05, 0.1) is 23.0 Å². The number of ether oxygens (including phenoxy) is 2. The molecule has 36 heavy (non-hydrogen) atoms. The van der Waals surface area contributed by atoms with Crippen LogP contribution in [0.15, 0.2) is 66.9 Å². The molecule has 0 fully saturated rings. The topological polar surface area (TPSA) is 51.7 Å². The highest BCUT2D eigenvalue weighted by atomic mass is 19.4. The molecule has 0 saturated carbocycles. The summed E-state index contributed by atoms with van der Waals surface area (Å²) in [5.41, 5.74) is 0.817. The number of fused-ring (bicyclic) bond motifs is 4. The van der Waals surface area contributed by atoms with Gasteiger partial charge in [-0.2, -0.15) is 13.2 Å². The molecule has 0 saturated heterocycles. The van der Waals surface area contributed by atoms with Crippen LogP contribution in [0.1, 0.15) is 37.5 Å². The first-order chi connectivity index (χ1) is 17.0. The van der Waals surface area contributed by atoms with E-state index in [1.807, 2.05) is 41.3 Å². The van der Waals surface area contributed by atoms with Crippen molar-refractivity contribution in [2.75, 3.05) is 18.1 Å². The van der Waals surface area contributed by atoms with Crippen molar-refractivity contribution in [1.29, 1.82) is 0 Å². The Hall–Kier alpha value is -3.81. The fraction of sp³-hybridized carbons (Fsp3) is 0.286. The Kier molecular flexibility index (Phi) is 5.39. The van der Waals surface area contributed by atoms with Crippen LogP contribution in [0.4, 0.5) is 18.9 Å². The third kappa shape index (κ3) is 3.54. The lowest BCUT2D eigenvalue weighted by Gasteiger charge is -2.47. The number of halogens is 3. The average molecular weight is 495 g/mol. The van der Waals surface area contributed by atoms with E-state index in [4.69, 9.17) is 9.47 Å². The van der Waals surface area contributed by atoms with Crippen LogP contribution in [0.2, 0.25) is 0 Å². The second-order valence-corrected chi connectivity index (χ2v) is 9.61. The third-order valence-corrected chi connectivity index (χ3v) is 6.98. The lowest BCUT2D eigenvalue weighted by Crippen LogP contribution is -2.60. The molecular weight excluding hydrogens is 469 g/mol. The number of nitrogens with zero attached hydrogens (tertiary/aromatic N) is 2. The summed E-state index contributed by atoms with van der Waals surface area (Å²) in [7, 11) is 0. The molecule has 1 spiro atoms. The molecule has 1 atom stereocenters.